The lowest BCUT2D eigenvalue weighted by molar-refractivity contribution is -0.136. The minimum absolute atomic E-state index is 0.108. The van der Waals surface area contributed by atoms with Gasteiger partial charge in [0.1, 0.15) is 6.17 Å². The fraction of sp³-hybridized carbons (Fsp3) is 0.950. The summed E-state index contributed by atoms with van der Waals surface area (Å²) in [7, 11) is -3.24. The molecule has 0 radical (unpaired) electrons. The van der Waals surface area contributed by atoms with Crippen LogP contribution in [0.15, 0.2) is 0 Å². The van der Waals surface area contributed by atoms with Crippen LogP contribution in [0.4, 0.5) is 4.39 Å². The van der Waals surface area contributed by atoms with Crippen LogP contribution in [0.5, 0.6) is 0 Å². The van der Waals surface area contributed by atoms with Crippen molar-refractivity contribution < 1.29 is 17.6 Å². The zero-order chi connectivity index (χ0) is 21.0. The Morgan fingerprint density at radius 3 is 2.70 bits per heavy atom. The standard InChI is InChI=1S/C20H34FN5O3S/c1-2-12-7-13(21)8-17-16(12)10-18(22-17)20(27)25-5-6-26-14(11-25)9-19(23-26)24-30(28,29)15-3-4-15/h12-19,22-24H,2-11H2,1H3. The maximum Gasteiger partial charge on any atom is 0.239 e. The molecule has 8 nitrogen and oxygen atoms in total. The number of rotatable bonds is 5. The number of hydrogen-bond donors (Lipinski definition) is 3. The summed E-state index contributed by atoms with van der Waals surface area (Å²) in [6, 6.07) is 0.00428. The van der Waals surface area contributed by atoms with Crippen molar-refractivity contribution in [2.24, 2.45) is 11.8 Å². The van der Waals surface area contributed by atoms with Crippen LogP contribution in [-0.2, 0) is 14.8 Å². The molecule has 0 aromatic carbocycles. The first-order valence-corrected chi connectivity index (χ1v) is 13.1. The number of nitrogens with zero attached hydrogens (tertiary/aromatic N) is 2. The monoisotopic (exact) mass is 443 g/mol. The number of piperazine rings is 1. The van der Waals surface area contributed by atoms with Gasteiger partial charge in [-0.1, -0.05) is 13.3 Å². The average Bonchev–Trinajstić information content (AvgIpc) is 3.38. The first-order chi connectivity index (χ1) is 14.3. The molecule has 3 aliphatic heterocycles. The number of carbonyl (C=O) groups is 1. The second-order valence-electron chi connectivity index (χ2n) is 9.87. The number of hydrazine groups is 1. The SMILES string of the molecule is CCC1CC(F)CC2NC(C(=O)N3CCN4NC(NS(=O)(=O)C5CC5)CC4C3)CC12. The number of carbonyl (C=O) groups excluding carboxylic acids is 1. The molecule has 2 saturated carbocycles. The Morgan fingerprint density at radius 1 is 1.17 bits per heavy atom. The van der Waals surface area contributed by atoms with Crippen LogP contribution in [0.3, 0.4) is 0 Å². The minimum Gasteiger partial charge on any atom is -0.338 e. The Kier molecular flexibility index (Phi) is 5.58. The van der Waals surface area contributed by atoms with Gasteiger partial charge in [0.15, 0.2) is 0 Å². The van der Waals surface area contributed by atoms with Crippen LogP contribution in [-0.4, -0.2) is 79.6 Å². The first-order valence-electron chi connectivity index (χ1n) is 11.6. The third-order valence-corrected chi connectivity index (χ3v) is 9.79. The predicted molar refractivity (Wildman–Crippen MR) is 110 cm³/mol. The largest absolute Gasteiger partial charge is 0.338 e. The lowest BCUT2D eigenvalue weighted by Crippen LogP contribution is -2.58. The normalized spacial score (nSPS) is 42.2. The Bertz CT molecular complexity index is 778. The van der Waals surface area contributed by atoms with E-state index < -0.39 is 16.2 Å². The second kappa shape index (κ2) is 7.95. The third-order valence-electron chi connectivity index (χ3n) is 7.83. The van der Waals surface area contributed by atoms with E-state index >= 15 is 0 Å². The molecule has 0 aromatic rings. The van der Waals surface area contributed by atoms with Crippen LogP contribution in [0.25, 0.3) is 0 Å². The summed E-state index contributed by atoms with van der Waals surface area (Å²) in [6.07, 6.45) is 4.01. The lowest BCUT2D eigenvalue weighted by atomic mass is 9.74. The molecule has 10 heteroatoms. The highest BCUT2D eigenvalue weighted by atomic mass is 32.2. The van der Waals surface area contributed by atoms with E-state index in [1.165, 1.54) is 0 Å². The van der Waals surface area contributed by atoms with Crippen molar-refractivity contribution >= 4 is 15.9 Å². The Labute approximate surface area is 178 Å². The topological polar surface area (TPSA) is 93.8 Å². The zero-order valence-electron chi connectivity index (χ0n) is 17.6. The highest BCUT2D eigenvalue weighted by Gasteiger charge is 2.47. The number of hydrogen-bond acceptors (Lipinski definition) is 6. The number of sulfonamides is 1. The molecule has 5 aliphatic rings. The van der Waals surface area contributed by atoms with Gasteiger partial charge in [-0.3, -0.25) is 4.79 Å². The van der Waals surface area contributed by atoms with E-state index in [1.807, 2.05) is 4.90 Å². The molecule has 2 aliphatic carbocycles. The van der Waals surface area contributed by atoms with Crippen LogP contribution < -0.4 is 15.5 Å². The van der Waals surface area contributed by atoms with Gasteiger partial charge in [-0.2, -0.15) is 4.72 Å². The number of halogens is 1. The van der Waals surface area contributed by atoms with E-state index in [0.717, 1.165) is 25.7 Å². The van der Waals surface area contributed by atoms with Gasteiger partial charge in [0.2, 0.25) is 15.9 Å². The summed E-state index contributed by atoms with van der Waals surface area (Å²) in [5.41, 5.74) is 3.27. The maximum atomic E-state index is 14.1. The maximum absolute atomic E-state index is 14.1. The van der Waals surface area contributed by atoms with Crippen LogP contribution >= 0.6 is 0 Å². The summed E-state index contributed by atoms with van der Waals surface area (Å²) in [5.74, 6) is 0.878. The summed E-state index contributed by atoms with van der Waals surface area (Å²) in [6.45, 7) is 4.03. The Hall–Kier alpha value is -0.810. The summed E-state index contributed by atoms with van der Waals surface area (Å²) < 4.78 is 41.3. The second-order valence-corrected chi connectivity index (χ2v) is 11.9. The first kappa shape index (κ1) is 21.1. The van der Waals surface area contributed by atoms with E-state index in [-0.39, 0.29) is 35.4 Å². The van der Waals surface area contributed by atoms with Crippen molar-refractivity contribution in [3.05, 3.63) is 0 Å². The molecule has 5 fully saturated rings. The molecule has 0 bridgehead atoms. The molecule has 30 heavy (non-hydrogen) atoms. The number of alkyl halides is 1. The summed E-state index contributed by atoms with van der Waals surface area (Å²) >= 11 is 0. The van der Waals surface area contributed by atoms with Gasteiger partial charge >= 0.3 is 0 Å². The fourth-order valence-corrected chi connectivity index (χ4v) is 7.58. The Morgan fingerprint density at radius 2 is 1.97 bits per heavy atom. The Balaban J connectivity index is 1.17. The smallest absolute Gasteiger partial charge is 0.239 e. The van der Waals surface area contributed by atoms with Gasteiger partial charge in [-0.25, -0.2) is 23.2 Å². The quantitative estimate of drug-likeness (QED) is 0.567. The van der Waals surface area contributed by atoms with Gasteiger partial charge in [0, 0.05) is 31.7 Å². The zero-order valence-corrected chi connectivity index (χ0v) is 18.4. The molecular weight excluding hydrogens is 409 g/mol. The molecule has 3 N–H and O–H groups in total. The van der Waals surface area contributed by atoms with Gasteiger partial charge in [0.05, 0.1) is 17.5 Å². The molecule has 5 rings (SSSR count). The molecule has 1 amide bonds. The lowest BCUT2D eigenvalue weighted by Gasteiger charge is -2.38. The molecule has 170 valence electrons. The molecule has 0 aromatic heterocycles. The molecule has 0 spiro atoms. The van der Waals surface area contributed by atoms with Gasteiger partial charge in [0.25, 0.3) is 0 Å². The number of fused-ring (bicyclic) bond motifs is 2. The number of amides is 1. The van der Waals surface area contributed by atoms with Crippen molar-refractivity contribution in [3.63, 3.8) is 0 Å². The van der Waals surface area contributed by atoms with Gasteiger partial charge in [-0.15, -0.1) is 0 Å². The van der Waals surface area contributed by atoms with Crippen molar-refractivity contribution in [2.45, 2.75) is 87.6 Å². The van der Waals surface area contributed by atoms with Crippen molar-refractivity contribution in [1.82, 2.24) is 25.4 Å². The van der Waals surface area contributed by atoms with Crippen molar-refractivity contribution in [2.75, 3.05) is 19.6 Å². The van der Waals surface area contributed by atoms with Crippen molar-refractivity contribution in [3.8, 4) is 0 Å². The fourth-order valence-electron chi connectivity index (χ4n) is 6.09. The molecule has 7 unspecified atom stereocenters. The minimum atomic E-state index is -3.24. The highest BCUT2D eigenvalue weighted by Crippen LogP contribution is 2.41. The van der Waals surface area contributed by atoms with E-state index in [1.54, 1.807) is 0 Å². The third kappa shape index (κ3) is 4.01. The average molecular weight is 444 g/mol. The summed E-state index contributed by atoms with van der Waals surface area (Å²) in [4.78, 5) is 15.2. The van der Waals surface area contributed by atoms with E-state index in [2.05, 4.69) is 27.4 Å². The van der Waals surface area contributed by atoms with Crippen LogP contribution in [0, 0.1) is 11.8 Å². The molecule has 3 heterocycles. The van der Waals surface area contributed by atoms with Gasteiger partial charge < -0.3 is 10.2 Å². The highest BCUT2D eigenvalue weighted by molar-refractivity contribution is 7.90. The van der Waals surface area contributed by atoms with Crippen LogP contribution in [0.1, 0.15) is 51.9 Å². The van der Waals surface area contributed by atoms with Gasteiger partial charge in [-0.05, 0) is 50.4 Å². The molecule has 7 atom stereocenters. The van der Waals surface area contributed by atoms with Crippen molar-refractivity contribution in [1.29, 1.82) is 0 Å². The molecular formula is C20H34FN5O3S. The predicted octanol–water partition coefficient (Wildman–Crippen LogP) is 0.320. The molecule has 3 saturated heterocycles. The van der Waals surface area contributed by atoms with E-state index in [9.17, 15) is 17.6 Å². The van der Waals surface area contributed by atoms with E-state index in [4.69, 9.17) is 0 Å². The number of nitrogens with one attached hydrogen (secondary N) is 3. The van der Waals surface area contributed by atoms with Crippen LogP contribution in [0.2, 0.25) is 0 Å². The van der Waals surface area contributed by atoms with E-state index in [0.29, 0.717) is 50.7 Å². The summed E-state index contributed by atoms with van der Waals surface area (Å²) in [5, 5.41) is 5.29.